The number of amides is 1. The van der Waals surface area contributed by atoms with E-state index in [-0.39, 0.29) is 18.2 Å². The van der Waals surface area contributed by atoms with Gasteiger partial charge in [0.05, 0.1) is 5.92 Å². The molecule has 2 saturated heterocycles. The number of hydrogen-bond acceptors (Lipinski definition) is 3. The molecule has 2 bridgehead atoms. The molecule has 2 heterocycles. The molecule has 0 aromatic rings. The van der Waals surface area contributed by atoms with Crippen LogP contribution in [0.15, 0.2) is 0 Å². The van der Waals surface area contributed by atoms with Crippen LogP contribution in [0, 0.1) is 5.92 Å². The lowest BCUT2D eigenvalue weighted by Gasteiger charge is -2.19. The van der Waals surface area contributed by atoms with Crippen LogP contribution in [0.2, 0.25) is 0 Å². The van der Waals surface area contributed by atoms with Crippen molar-refractivity contribution >= 4 is 11.9 Å². The second-order valence-corrected chi connectivity index (χ2v) is 4.68. The molecule has 1 amide bonds. The predicted octanol–water partition coefficient (Wildman–Crippen LogP) is 0.108. The molecular weight excluding hydrogens is 208 g/mol. The monoisotopic (exact) mass is 226 g/mol. The zero-order valence-electron chi connectivity index (χ0n) is 9.24. The zero-order valence-corrected chi connectivity index (χ0v) is 9.24. The molecule has 2 rings (SSSR count). The first kappa shape index (κ1) is 11.4. The topological polar surface area (TPSA) is 78.4 Å². The van der Waals surface area contributed by atoms with E-state index in [0.717, 1.165) is 12.8 Å². The molecular formula is C11H18N2O3. The normalized spacial score (nSPS) is 31.6. The lowest BCUT2D eigenvalue weighted by Crippen LogP contribution is -2.38. The maximum atomic E-state index is 11.8. The van der Waals surface area contributed by atoms with Gasteiger partial charge in [-0.2, -0.15) is 0 Å². The number of carboxylic acids is 1. The molecule has 0 radical (unpaired) electrons. The van der Waals surface area contributed by atoms with E-state index in [0.29, 0.717) is 25.0 Å². The summed E-state index contributed by atoms with van der Waals surface area (Å²) < 4.78 is 0. The Morgan fingerprint density at radius 3 is 2.75 bits per heavy atom. The molecule has 0 spiro atoms. The Balaban J connectivity index is 1.66. The van der Waals surface area contributed by atoms with Crippen molar-refractivity contribution in [1.29, 1.82) is 0 Å². The Kier molecular flexibility index (Phi) is 3.43. The van der Waals surface area contributed by atoms with Crippen LogP contribution in [0.1, 0.15) is 32.1 Å². The van der Waals surface area contributed by atoms with Gasteiger partial charge in [0.1, 0.15) is 0 Å². The minimum absolute atomic E-state index is 0.0880. The third-order valence-corrected chi connectivity index (χ3v) is 3.50. The van der Waals surface area contributed by atoms with Crippen LogP contribution in [0.25, 0.3) is 0 Å². The summed E-state index contributed by atoms with van der Waals surface area (Å²) >= 11 is 0. The maximum Gasteiger partial charge on any atom is 0.303 e. The molecule has 2 fully saturated rings. The predicted molar refractivity (Wildman–Crippen MR) is 57.9 cm³/mol. The van der Waals surface area contributed by atoms with Gasteiger partial charge in [0.2, 0.25) is 5.91 Å². The van der Waals surface area contributed by atoms with E-state index in [9.17, 15) is 9.59 Å². The smallest absolute Gasteiger partial charge is 0.303 e. The van der Waals surface area contributed by atoms with Gasteiger partial charge in [-0.15, -0.1) is 0 Å². The van der Waals surface area contributed by atoms with Crippen molar-refractivity contribution in [3.05, 3.63) is 0 Å². The summed E-state index contributed by atoms with van der Waals surface area (Å²) in [7, 11) is 0. The molecule has 5 heteroatoms. The summed E-state index contributed by atoms with van der Waals surface area (Å²) in [5, 5.41) is 14.7. The van der Waals surface area contributed by atoms with Gasteiger partial charge in [0.25, 0.3) is 0 Å². The van der Waals surface area contributed by atoms with E-state index in [1.165, 1.54) is 6.42 Å². The highest BCUT2D eigenvalue weighted by molar-refractivity contribution is 5.80. The van der Waals surface area contributed by atoms with Gasteiger partial charge in [-0.05, 0) is 25.7 Å². The lowest BCUT2D eigenvalue weighted by atomic mass is 9.88. The van der Waals surface area contributed by atoms with Gasteiger partial charge < -0.3 is 15.7 Å². The Bertz CT molecular complexity index is 293. The first-order valence-corrected chi connectivity index (χ1v) is 5.92. The Labute approximate surface area is 94.6 Å². The highest BCUT2D eigenvalue weighted by Gasteiger charge is 2.42. The molecule has 3 atom stereocenters. The summed E-state index contributed by atoms with van der Waals surface area (Å²) in [6, 6.07) is 0.879. The Hall–Kier alpha value is -1.10. The van der Waals surface area contributed by atoms with Crippen LogP contribution in [0.3, 0.4) is 0 Å². The van der Waals surface area contributed by atoms with Crippen molar-refractivity contribution in [2.24, 2.45) is 5.92 Å². The third-order valence-electron chi connectivity index (χ3n) is 3.50. The number of hydrogen-bond donors (Lipinski definition) is 3. The molecule has 90 valence electrons. The van der Waals surface area contributed by atoms with Crippen LogP contribution < -0.4 is 10.6 Å². The second kappa shape index (κ2) is 4.82. The number of rotatable bonds is 5. The Morgan fingerprint density at radius 1 is 1.38 bits per heavy atom. The van der Waals surface area contributed by atoms with E-state index in [4.69, 9.17) is 5.11 Å². The molecule has 3 N–H and O–H groups in total. The first-order chi connectivity index (χ1) is 7.66. The first-order valence-electron chi connectivity index (χ1n) is 5.92. The van der Waals surface area contributed by atoms with Crippen molar-refractivity contribution in [2.45, 2.75) is 44.2 Å². The molecule has 3 unspecified atom stereocenters. The average Bonchev–Trinajstić information content (AvgIpc) is 2.85. The number of carbonyl (C=O) groups excluding carboxylic acids is 1. The van der Waals surface area contributed by atoms with Crippen molar-refractivity contribution in [3.8, 4) is 0 Å². The van der Waals surface area contributed by atoms with Gasteiger partial charge >= 0.3 is 5.97 Å². The van der Waals surface area contributed by atoms with Crippen molar-refractivity contribution in [2.75, 3.05) is 6.54 Å². The van der Waals surface area contributed by atoms with Gasteiger partial charge in [0.15, 0.2) is 0 Å². The van der Waals surface area contributed by atoms with Gasteiger partial charge in [0, 0.05) is 25.0 Å². The molecule has 2 aliphatic rings. The van der Waals surface area contributed by atoms with Crippen LogP contribution in [0.5, 0.6) is 0 Å². The van der Waals surface area contributed by atoms with Crippen LogP contribution in [-0.4, -0.2) is 35.6 Å². The lowest BCUT2D eigenvalue weighted by molar-refractivity contribution is -0.137. The summed E-state index contributed by atoms with van der Waals surface area (Å²) in [6.45, 7) is 0.471. The number of carboxylic acid groups (broad SMARTS) is 1. The largest absolute Gasteiger partial charge is 0.481 e. The van der Waals surface area contributed by atoms with Gasteiger partial charge in [-0.25, -0.2) is 0 Å². The SMILES string of the molecule is O=C(O)CCCNC(=O)C1CC2CCC1N2. The average molecular weight is 226 g/mol. The van der Waals surface area contributed by atoms with Gasteiger partial charge in [-0.3, -0.25) is 9.59 Å². The molecule has 5 nitrogen and oxygen atoms in total. The third kappa shape index (κ3) is 2.52. The maximum absolute atomic E-state index is 11.8. The van der Waals surface area contributed by atoms with E-state index in [1.807, 2.05) is 0 Å². The highest BCUT2D eigenvalue weighted by atomic mass is 16.4. The summed E-state index contributed by atoms with van der Waals surface area (Å²) in [6.07, 6.45) is 3.85. The molecule has 0 saturated carbocycles. The fourth-order valence-electron chi connectivity index (χ4n) is 2.70. The summed E-state index contributed by atoms with van der Waals surface area (Å²) in [4.78, 5) is 22.1. The van der Waals surface area contributed by atoms with Gasteiger partial charge in [-0.1, -0.05) is 0 Å². The van der Waals surface area contributed by atoms with Crippen LogP contribution in [-0.2, 0) is 9.59 Å². The Morgan fingerprint density at radius 2 is 2.19 bits per heavy atom. The molecule has 16 heavy (non-hydrogen) atoms. The number of fused-ring (bicyclic) bond motifs is 2. The van der Waals surface area contributed by atoms with E-state index in [1.54, 1.807) is 0 Å². The standard InChI is InChI=1S/C11H18N2O3/c14-10(15)2-1-5-12-11(16)8-6-7-3-4-9(8)13-7/h7-9,13H,1-6H2,(H,12,16)(H,14,15). The van der Waals surface area contributed by atoms with Crippen LogP contribution >= 0.6 is 0 Å². The van der Waals surface area contributed by atoms with Crippen molar-refractivity contribution < 1.29 is 14.7 Å². The zero-order chi connectivity index (χ0) is 11.5. The molecule has 2 aliphatic heterocycles. The highest BCUT2D eigenvalue weighted by Crippen LogP contribution is 2.33. The number of nitrogens with one attached hydrogen (secondary N) is 2. The minimum atomic E-state index is -0.809. The fourth-order valence-corrected chi connectivity index (χ4v) is 2.70. The van der Waals surface area contributed by atoms with E-state index in [2.05, 4.69) is 10.6 Å². The number of carbonyl (C=O) groups is 2. The summed E-state index contributed by atoms with van der Waals surface area (Å²) in [5.41, 5.74) is 0. The van der Waals surface area contributed by atoms with Crippen molar-refractivity contribution in [3.63, 3.8) is 0 Å². The summed E-state index contributed by atoms with van der Waals surface area (Å²) in [5.74, 6) is -0.621. The fraction of sp³-hybridized carbons (Fsp3) is 0.818. The van der Waals surface area contributed by atoms with E-state index < -0.39 is 5.97 Å². The minimum Gasteiger partial charge on any atom is -0.481 e. The molecule has 0 aromatic carbocycles. The van der Waals surface area contributed by atoms with Crippen molar-refractivity contribution in [1.82, 2.24) is 10.6 Å². The second-order valence-electron chi connectivity index (χ2n) is 4.68. The van der Waals surface area contributed by atoms with Crippen LogP contribution in [0.4, 0.5) is 0 Å². The number of aliphatic carboxylic acids is 1. The molecule has 0 aliphatic carbocycles. The quantitative estimate of drug-likeness (QED) is 0.581. The van der Waals surface area contributed by atoms with E-state index >= 15 is 0 Å². The molecule has 0 aromatic heterocycles.